The number of aliphatic hydroxyl groups is 2. The number of carbonyl (C=O) groups is 2. The van der Waals surface area contributed by atoms with Crippen molar-refractivity contribution in [3.63, 3.8) is 0 Å². The van der Waals surface area contributed by atoms with Gasteiger partial charge in [0.15, 0.2) is 5.78 Å². The number of nitrogens with zero attached hydrogens (tertiary/aromatic N) is 1. The number of fused-ring (bicyclic) bond motifs is 1. The monoisotopic (exact) mass is 782 g/mol. The van der Waals surface area contributed by atoms with E-state index in [4.69, 9.17) is 4.74 Å². The van der Waals surface area contributed by atoms with Crippen LogP contribution in [0, 0.1) is 33.5 Å². The Bertz CT molecular complexity index is 2200. The molecule has 2 bridgehead atoms. The van der Waals surface area contributed by atoms with E-state index in [2.05, 4.69) is 61.0 Å². The van der Waals surface area contributed by atoms with Crippen LogP contribution in [0.1, 0.15) is 74.0 Å². The second-order valence-corrected chi connectivity index (χ2v) is 19.0. The number of amides is 2. The topological polar surface area (TPSA) is 99.1 Å². The number of rotatable bonds is 10. The van der Waals surface area contributed by atoms with Crippen LogP contribution in [0.2, 0.25) is 0 Å². The molecule has 1 heterocycles. The van der Waals surface area contributed by atoms with Crippen LogP contribution in [0.3, 0.4) is 0 Å². The van der Waals surface area contributed by atoms with Gasteiger partial charge in [0.2, 0.25) is 0 Å². The summed E-state index contributed by atoms with van der Waals surface area (Å²) in [5, 5.41) is 29.5. The van der Waals surface area contributed by atoms with Gasteiger partial charge in [0.25, 0.3) is 0 Å². The van der Waals surface area contributed by atoms with Gasteiger partial charge in [-0.2, -0.15) is 0 Å². The summed E-state index contributed by atoms with van der Waals surface area (Å²) < 4.78 is 5.34. The number of Topliss-reactive ketones (excluding diaryl/α,β-unsaturated/α-hetero) is 1. The number of allylic oxidation sites excluding steroid dienone is 4. The van der Waals surface area contributed by atoms with E-state index in [-0.39, 0.29) is 35.6 Å². The van der Waals surface area contributed by atoms with Gasteiger partial charge < -0.3 is 25.2 Å². The fourth-order valence-electron chi connectivity index (χ4n) is 12.3. The van der Waals surface area contributed by atoms with Crippen LogP contribution in [-0.2, 0) is 6.42 Å². The summed E-state index contributed by atoms with van der Waals surface area (Å²) in [6.07, 6.45) is 12.5. The Kier molecular flexibility index (Phi) is 9.41. The molecule has 4 aromatic rings. The molecule has 3 saturated carbocycles. The molecule has 6 aliphatic rings. The van der Waals surface area contributed by atoms with E-state index in [0.717, 1.165) is 48.8 Å². The molecule has 3 N–H and O–H groups in total. The second-order valence-electron chi connectivity index (χ2n) is 18.0. The summed E-state index contributed by atoms with van der Waals surface area (Å²) >= 11 is 1.68. The van der Waals surface area contributed by atoms with E-state index in [9.17, 15) is 15.0 Å². The number of ether oxygens (including phenoxy) is 1. The number of nitrogens with one attached hydrogen (secondary N) is 1. The van der Waals surface area contributed by atoms with Crippen LogP contribution in [0.15, 0.2) is 120 Å². The molecule has 0 saturated heterocycles. The van der Waals surface area contributed by atoms with Gasteiger partial charge in [0.1, 0.15) is 5.75 Å². The highest BCUT2D eigenvalue weighted by Gasteiger charge is 2.74. The molecule has 2 spiro atoms. The van der Waals surface area contributed by atoms with Crippen LogP contribution >= 0.6 is 11.3 Å². The Morgan fingerprint density at radius 2 is 1.54 bits per heavy atom. The molecule has 0 aliphatic heterocycles. The van der Waals surface area contributed by atoms with Gasteiger partial charge >= 0.3 is 6.03 Å². The minimum absolute atomic E-state index is 0.0189. The van der Waals surface area contributed by atoms with Crippen molar-refractivity contribution in [2.45, 2.75) is 76.9 Å². The van der Waals surface area contributed by atoms with Crippen molar-refractivity contribution in [3.05, 3.63) is 131 Å². The van der Waals surface area contributed by atoms with Crippen molar-refractivity contribution < 1.29 is 24.5 Å². The first-order valence-corrected chi connectivity index (χ1v) is 21.6. The van der Waals surface area contributed by atoms with E-state index < -0.39 is 27.9 Å². The van der Waals surface area contributed by atoms with Crippen LogP contribution in [0.5, 0.6) is 5.75 Å². The average Bonchev–Trinajstić information content (AvgIpc) is 3.85. The SMILES string of the molecule is COc1ccc(NC(=O)N(CCc2cccs2)CC2(O)CCC3C45C=CC6(C=C4C(=O)c4ccc(-c7ccccc7)cc4)CC(O)CCC6(C)C5CCC32C)cc1. The minimum Gasteiger partial charge on any atom is -0.497 e. The van der Waals surface area contributed by atoms with Gasteiger partial charge in [-0.1, -0.05) is 92.7 Å². The standard InChI is InChI=1S/C49H54N2O5S/c1-45-23-19-37(52)30-47(45)26-27-49(40(31-47)43(53)35-13-11-34(12-14-35)33-8-5-4-6-9-33)41(45)20-24-46(2)42(49)21-25-48(46,55)32-51(28-22-39-10-7-29-57-39)44(54)50-36-15-17-38(56-3)18-16-36/h4-18,26-27,29,31,37,41-42,52,55H,19-25,28,30,32H2,1-3H3,(H,50,54). The summed E-state index contributed by atoms with van der Waals surface area (Å²) in [7, 11) is 1.62. The molecule has 6 aliphatic carbocycles. The minimum atomic E-state index is -1.18. The fraction of sp³-hybridized carbons (Fsp3) is 0.429. The highest BCUT2D eigenvalue weighted by molar-refractivity contribution is 7.09. The Hall–Kier alpha value is -4.50. The molecular weight excluding hydrogens is 729 g/mol. The first-order chi connectivity index (χ1) is 27.4. The quantitative estimate of drug-likeness (QED) is 0.110. The van der Waals surface area contributed by atoms with Gasteiger partial charge in [-0.15, -0.1) is 11.3 Å². The lowest BCUT2D eigenvalue weighted by molar-refractivity contribution is -0.174. The maximum Gasteiger partial charge on any atom is 0.321 e. The molecule has 296 valence electrons. The Balaban J connectivity index is 1.07. The summed E-state index contributed by atoms with van der Waals surface area (Å²) in [5.74, 6) is 0.919. The number of hydrogen-bond acceptors (Lipinski definition) is 6. The van der Waals surface area contributed by atoms with Crippen LogP contribution in [-0.4, -0.2) is 58.8 Å². The maximum atomic E-state index is 15.2. The van der Waals surface area contributed by atoms with Crippen LogP contribution < -0.4 is 10.1 Å². The number of hydrogen-bond donors (Lipinski definition) is 3. The molecule has 7 nitrogen and oxygen atoms in total. The van der Waals surface area contributed by atoms with Gasteiger partial charge in [-0.25, -0.2) is 4.79 Å². The predicted molar refractivity (Wildman–Crippen MR) is 226 cm³/mol. The van der Waals surface area contributed by atoms with Gasteiger partial charge in [0.05, 0.1) is 25.4 Å². The lowest BCUT2D eigenvalue weighted by Gasteiger charge is -2.71. The molecule has 2 amide bonds. The van der Waals surface area contributed by atoms with E-state index in [1.807, 2.05) is 77.7 Å². The van der Waals surface area contributed by atoms with Gasteiger partial charge in [-0.3, -0.25) is 4.79 Å². The highest BCUT2D eigenvalue weighted by atomic mass is 32.1. The molecule has 0 radical (unpaired) electrons. The van der Waals surface area contributed by atoms with Gasteiger partial charge in [-0.05, 0) is 115 Å². The van der Waals surface area contributed by atoms with Crippen molar-refractivity contribution in [3.8, 4) is 16.9 Å². The number of ketones is 1. The average molecular weight is 783 g/mol. The molecule has 8 unspecified atom stereocenters. The molecule has 8 heteroatoms. The number of thiophene rings is 1. The lowest BCUT2D eigenvalue weighted by Crippen LogP contribution is -2.67. The van der Waals surface area contributed by atoms with Crippen molar-refractivity contribution in [1.82, 2.24) is 4.90 Å². The van der Waals surface area contributed by atoms with Crippen molar-refractivity contribution in [2.75, 3.05) is 25.5 Å². The third-order valence-corrected chi connectivity index (χ3v) is 16.4. The Labute approximate surface area is 340 Å². The third-order valence-electron chi connectivity index (χ3n) is 15.5. The molecule has 8 atom stereocenters. The molecule has 57 heavy (non-hydrogen) atoms. The summed E-state index contributed by atoms with van der Waals surface area (Å²) in [5.41, 5.74) is 1.46. The number of aliphatic hydroxyl groups excluding tert-OH is 1. The first kappa shape index (κ1) is 38.0. The number of methoxy groups -OCH3 is 1. The largest absolute Gasteiger partial charge is 0.497 e. The highest BCUT2D eigenvalue weighted by Crippen LogP contribution is 2.78. The molecule has 3 fully saturated rings. The zero-order valence-electron chi connectivity index (χ0n) is 33.2. The number of benzene rings is 3. The molecular formula is C49H54N2O5S. The van der Waals surface area contributed by atoms with Crippen LogP contribution in [0.4, 0.5) is 10.5 Å². The first-order valence-electron chi connectivity index (χ1n) is 20.7. The predicted octanol–water partition coefficient (Wildman–Crippen LogP) is 9.97. The van der Waals surface area contributed by atoms with E-state index in [0.29, 0.717) is 42.8 Å². The van der Waals surface area contributed by atoms with Crippen molar-refractivity contribution in [1.29, 1.82) is 0 Å². The third kappa shape index (κ3) is 5.96. The molecule has 10 rings (SSSR count). The fourth-order valence-corrected chi connectivity index (χ4v) is 13.0. The van der Waals surface area contributed by atoms with E-state index in [1.165, 1.54) is 4.88 Å². The summed E-state index contributed by atoms with van der Waals surface area (Å²) in [6, 6.07) is 29.4. The Morgan fingerprint density at radius 3 is 2.26 bits per heavy atom. The van der Waals surface area contributed by atoms with E-state index >= 15 is 4.79 Å². The smallest absolute Gasteiger partial charge is 0.321 e. The van der Waals surface area contributed by atoms with Gasteiger partial charge in [0, 0.05) is 44.5 Å². The van der Waals surface area contributed by atoms with E-state index in [1.54, 1.807) is 18.4 Å². The van der Waals surface area contributed by atoms with Crippen LogP contribution in [0.25, 0.3) is 11.1 Å². The van der Waals surface area contributed by atoms with Crippen molar-refractivity contribution >= 4 is 28.8 Å². The number of anilines is 1. The normalized spacial score (nSPS) is 33.4. The summed E-state index contributed by atoms with van der Waals surface area (Å²) in [4.78, 5) is 32.4. The maximum absolute atomic E-state index is 15.2. The zero-order valence-corrected chi connectivity index (χ0v) is 34.1. The summed E-state index contributed by atoms with van der Waals surface area (Å²) in [6.45, 7) is 5.31. The second kappa shape index (κ2) is 14.1. The van der Waals surface area contributed by atoms with Crippen molar-refractivity contribution in [2.24, 2.45) is 33.5 Å². The molecule has 1 aromatic heterocycles. The Morgan fingerprint density at radius 1 is 0.842 bits per heavy atom. The number of carbonyl (C=O) groups excluding carboxylic acids is 2. The lowest BCUT2D eigenvalue weighted by atomic mass is 9.32. The number of urea groups is 1. The molecule has 3 aromatic carbocycles. The zero-order chi connectivity index (χ0) is 39.6.